The fourth-order valence-electron chi connectivity index (χ4n) is 2.78. The van der Waals surface area contributed by atoms with Gasteiger partial charge in [-0.15, -0.1) is 11.3 Å². The number of ether oxygens (including phenoxy) is 1. The maximum absolute atomic E-state index is 12.0. The molecule has 2 N–H and O–H groups in total. The van der Waals surface area contributed by atoms with Crippen LogP contribution in [-0.2, 0) is 9.53 Å². The largest absolute Gasteiger partial charge is 0.394 e. The number of thiophene rings is 1. The molecule has 0 bridgehead atoms. The molecule has 1 aromatic carbocycles. The number of nitrogens with zero attached hydrogens (tertiary/aromatic N) is 3. The van der Waals surface area contributed by atoms with Crippen molar-refractivity contribution in [3.63, 3.8) is 0 Å². The summed E-state index contributed by atoms with van der Waals surface area (Å²) < 4.78 is 5.12. The summed E-state index contributed by atoms with van der Waals surface area (Å²) in [6.07, 6.45) is 1.93. The summed E-state index contributed by atoms with van der Waals surface area (Å²) in [7, 11) is 1.93. The van der Waals surface area contributed by atoms with E-state index < -0.39 is 0 Å². The Morgan fingerprint density at radius 2 is 2.07 bits per heavy atom. The Kier molecular flexibility index (Phi) is 7.30. The van der Waals surface area contributed by atoms with Crippen LogP contribution in [-0.4, -0.2) is 60.9 Å². The van der Waals surface area contributed by atoms with E-state index in [1.54, 1.807) is 17.7 Å². The average Bonchev–Trinajstić information content (AvgIpc) is 3.17. The maximum Gasteiger partial charge on any atom is 0.221 e. The van der Waals surface area contributed by atoms with Crippen molar-refractivity contribution in [3.8, 4) is 10.4 Å². The molecule has 3 aromatic rings. The first-order valence-electron chi connectivity index (χ1n) is 9.15. The summed E-state index contributed by atoms with van der Waals surface area (Å²) in [5.74, 6) is 0.780. The van der Waals surface area contributed by atoms with Crippen LogP contribution in [0, 0.1) is 0 Å². The predicted octanol–water partition coefficient (Wildman–Crippen LogP) is 2.31. The quantitative estimate of drug-likeness (QED) is 0.508. The van der Waals surface area contributed by atoms with E-state index in [4.69, 9.17) is 9.84 Å². The third-order valence-electron chi connectivity index (χ3n) is 4.21. The predicted molar refractivity (Wildman–Crippen MR) is 112 cm³/mol. The lowest BCUT2D eigenvalue weighted by molar-refractivity contribution is -0.121. The minimum Gasteiger partial charge on any atom is -0.394 e. The van der Waals surface area contributed by atoms with Crippen LogP contribution >= 0.6 is 11.3 Å². The lowest BCUT2D eigenvalue weighted by atomic mass is 10.2. The normalized spacial score (nSPS) is 10.9. The van der Waals surface area contributed by atoms with Gasteiger partial charge in [0.15, 0.2) is 0 Å². The number of nitrogens with one attached hydrogen (secondary N) is 1. The van der Waals surface area contributed by atoms with Gasteiger partial charge in [-0.05, 0) is 11.6 Å². The molecule has 2 heterocycles. The fraction of sp³-hybridized carbons (Fsp3) is 0.350. The highest BCUT2D eigenvalue weighted by atomic mass is 32.1. The number of fused-ring (bicyclic) bond motifs is 1. The number of rotatable bonds is 10. The Balaban J connectivity index is 1.61. The maximum atomic E-state index is 12.0. The van der Waals surface area contributed by atoms with E-state index in [-0.39, 0.29) is 19.1 Å². The molecule has 8 heteroatoms. The SMILES string of the molecule is CN(CCC(=O)NCCOCCO)c1ncnc2sc(-c3ccccc3)cc12. The van der Waals surface area contributed by atoms with Crippen molar-refractivity contribution in [1.29, 1.82) is 0 Å². The average molecular weight is 401 g/mol. The summed E-state index contributed by atoms with van der Waals surface area (Å²) in [5, 5.41) is 12.4. The lowest BCUT2D eigenvalue weighted by Crippen LogP contribution is -2.31. The Morgan fingerprint density at radius 1 is 1.25 bits per heavy atom. The monoisotopic (exact) mass is 400 g/mol. The smallest absolute Gasteiger partial charge is 0.221 e. The molecule has 2 aromatic heterocycles. The minimum atomic E-state index is -0.0416. The van der Waals surface area contributed by atoms with Crippen molar-refractivity contribution >= 4 is 33.3 Å². The van der Waals surface area contributed by atoms with Crippen LogP contribution in [0.25, 0.3) is 20.7 Å². The van der Waals surface area contributed by atoms with Gasteiger partial charge >= 0.3 is 0 Å². The van der Waals surface area contributed by atoms with E-state index in [0.29, 0.717) is 26.1 Å². The summed E-state index contributed by atoms with van der Waals surface area (Å²) in [6.45, 7) is 1.65. The van der Waals surface area contributed by atoms with Gasteiger partial charge in [-0.25, -0.2) is 9.97 Å². The summed E-state index contributed by atoms with van der Waals surface area (Å²) in [6, 6.07) is 12.3. The first-order valence-corrected chi connectivity index (χ1v) is 9.97. The van der Waals surface area contributed by atoms with Gasteiger partial charge in [-0.1, -0.05) is 30.3 Å². The number of anilines is 1. The fourth-order valence-corrected chi connectivity index (χ4v) is 3.78. The zero-order valence-corrected chi connectivity index (χ0v) is 16.6. The Labute approximate surface area is 168 Å². The molecule has 0 aliphatic heterocycles. The first kappa shape index (κ1) is 20.2. The van der Waals surface area contributed by atoms with Crippen LogP contribution in [0.2, 0.25) is 0 Å². The highest BCUT2D eigenvalue weighted by Gasteiger charge is 2.14. The topological polar surface area (TPSA) is 87.6 Å². The van der Waals surface area contributed by atoms with Crippen molar-refractivity contribution in [3.05, 3.63) is 42.7 Å². The van der Waals surface area contributed by atoms with Crippen LogP contribution in [0.4, 0.5) is 5.82 Å². The van der Waals surface area contributed by atoms with Crippen molar-refractivity contribution in [2.24, 2.45) is 0 Å². The number of amides is 1. The third-order valence-corrected chi connectivity index (χ3v) is 5.30. The number of hydrogen-bond acceptors (Lipinski definition) is 7. The molecule has 148 valence electrons. The van der Waals surface area contributed by atoms with Crippen LogP contribution in [0.15, 0.2) is 42.7 Å². The number of carbonyl (C=O) groups excluding carboxylic acids is 1. The van der Waals surface area contributed by atoms with E-state index in [2.05, 4.69) is 33.5 Å². The van der Waals surface area contributed by atoms with Gasteiger partial charge in [-0.2, -0.15) is 0 Å². The number of hydrogen-bond donors (Lipinski definition) is 2. The molecular formula is C20H24N4O3S. The molecule has 1 amide bonds. The van der Waals surface area contributed by atoms with Crippen molar-refractivity contribution in [1.82, 2.24) is 15.3 Å². The second kappa shape index (κ2) is 10.1. The molecular weight excluding hydrogens is 376 g/mol. The molecule has 0 saturated carbocycles. The molecule has 0 unspecified atom stereocenters. The second-order valence-electron chi connectivity index (χ2n) is 6.25. The van der Waals surface area contributed by atoms with E-state index in [1.807, 2.05) is 30.1 Å². The molecule has 0 atom stereocenters. The molecule has 3 rings (SSSR count). The van der Waals surface area contributed by atoms with Gasteiger partial charge in [0.2, 0.25) is 5.91 Å². The van der Waals surface area contributed by atoms with E-state index in [1.165, 1.54) is 0 Å². The number of aromatic nitrogens is 2. The molecule has 0 radical (unpaired) electrons. The number of aliphatic hydroxyl groups excluding tert-OH is 1. The Morgan fingerprint density at radius 3 is 2.86 bits per heavy atom. The van der Waals surface area contributed by atoms with E-state index in [0.717, 1.165) is 26.5 Å². The van der Waals surface area contributed by atoms with Crippen molar-refractivity contribution in [2.75, 3.05) is 44.9 Å². The van der Waals surface area contributed by atoms with Gasteiger partial charge in [0.25, 0.3) is 0 Å². The Hall–Kier alpha value is -2.55. The molecule has 7 nitrogen and oxygen atoms in total. The molecule has 0 fully saturated rings. The summed E-state index contributed by atoms with van der Waals surface area (Å²) >= 11 is 1.64. The van der Waals surface area contributed by atoms with Crippen LogP contribution < -0.4 is 10.2 Å². The van der Waals surface area contributed by atoms with Gasteiger partial charge < -0.3 is 20.1 Å². The van der Waals surface area contributed by atoms with E-state index >= 15 is 0 Å². The summed E-state index contributed by atoms with van der Waals surface area (Å²) in [4.78, 5) is 24.9. The van der Waals surface area contributed by atoms with Crippen molar-refractivity contribution in [2.45, 2.75) is 6.42 Å². The molecule has 0 aliphatic carbocycles. The highest BCUT2D eigenvalue weighted by molar-refractivity contribution is 7.21. The number of benzene rings is 1. The van der Waals surface area contributed by atoms with Gasteiger partial charge in [0.05, 0.1) is 25.2 Å². The molecule has 0 spiro atoms. The zero-order chi connectivity index (χ0) is 19.8. The Bertz CT molecular complexity index is 901. The third kappa shape index (κ3) is 5.25. The van der Waals surface area contributed by atoms with Gasteiger partial charge in [-0.3, -0.25) is 4.79 Å². The standard InChI is InChI=1S/C20H24N4O3S/c1-24(9-7-18(26)21-8-11-27-12-10-25)19-16-13-17(15-5-3-2-4-6-15)28-20(16)23-14-22-19/h2-6,13-14,25H,7-12H2,1H3,(H,21,26). The van der Waals surface area contributed by atoms with Crippen LogP contribution in [0.3, 0.4) is 0 Å². The molecule has 0 saturated heterocycles. The molecule has 28 heavy (non-hydrogen) atoms. The summed E-state index contributed by atoms with van der Waals surface area (Å²) in [5.41, 5.74) is 1.15. The number of aliphatic hydroxyl groups is 1. The highest BCUT2D eigenvalue weighted by Crippen LogP contribution is 2.35. The van der Waals surface area contributed by atoms with Crippen molar-refractivity contribution < 1.29 is 14.6 Å². The van der Waals surface area contributed by atoms with Gasteiger partial charge in [0, 0.05) is 31.4 Å². The first-order chi connectivity index (χ1) is 13.7. The van der Waals surface area contributed by atoms with Crippen LogP contribution in [0.5, 0.6) is 0 Å². The van der Waals surface area contributed by atoms with Gasteiger partial charge in [0.1, 0.15) is 17.0 Å². The van der Waals surface area contributed by atoms with E-state index in [9.17, 15) is 4.79 Å². The minimum absolute atomic E-state index is 0.0132. The van der Waals surface area contributed by atoms with Crippen LogP contribution in [0.1, 0.15) is 6.42 Å². The zero-order valence-electron chi connectivity index (χ0n) is 15.8. The molecule has 0 aliphatic rings. The lowest BCUT2D eigenvalue weighted by Gasteiger charge is -2.18. The second-order valence-corrected chi connectivity index (χ2v) is 7.28. The number of carbonyl (C=O) groups is 1.